The predicted octanol–water partition coefficient (Wildman–Crippen LogP) is 2.45. The second-order valence-electron chi connectivity index (χ2n) is 6.37. The van der Waals surface area contributed by atoms with E-state index in [2.05, 4.69) is 34.9 Å². The lowest BCUT2D eigenvalue weighted by Crippen LogP contribution is -2.37. The molecule has 1 saturated heterocycles. The fourth-order valence-corrected chi connectivity index (χ4v) is 3.05. The maximum absolute atomic E-state index is 9.72. The standard InChI is InChI=1S/C16H24N4O/c1-11(2)14-10-15-16(17-6-9-20(15)18-14)19-7-4-13(5-8-19)12(3)21/h6,9-13,21H,4-5,7-8H2,1-3H3. The lowest BCUT2D eigenvalue weighted by molar-refractivity contribution is 0.110. The predicted molar refractivity (Wildman–Crippen MR) is 83.7 cm³/mol. The van der Waals surface area contributed by atoms with Gasteiger partial charge >= 0.3 is 0 Å². The highest BCUT2D eigenvalue weighted by molar-refractivity contribution is 5.69. The summed E-state index contributed by atoms with van der Waals surface area (Å²) in [6.45, 7) is 8.10. The molecule has 1 unspecified atom stereocenters. The molecule has 1 aliphatic rings. The number of hydrogen-bond acceptors (Lipinski definition) is 4. The fourth-order valence-electron chi connectivity index (χ4n) is 3.05. The van der Waals surface area contributed by atoms with Gasteiger partial charge in [-0.25, -0.2) is 9.50 Å². The number of anilines is 1. The third-order valence-corrected chi connectivity index (χ3v) is 4.50. The van der Waals surface area contributed by atoms with Crippen molar-refractivity contribution in [2.45, 2.75) is 45.6 Å². The van der Waals surface area contributed by atoms with Gasteiger partial charge in [0.1, 0.15) is 5.52 Å². The van der Waals surface area contributed by atoms with E-state index < -0.39 is 0 Å². The Balaban J connectivity index is 1.87. The second-order valence-corrected chi connectivity index (χ2v) is 6.37. The number of rotatable bonds is 3. The molecule has 0 amide bonds. The van der Waals surface area contributed by atoms with Crippen LogP contribution < -0.4 is 4.90 Å². The Morgan fingerprint density at radius 3 is 2.57 bits per heavy atom. The summed E-state index contributed by atoms with van der Waals surface area (Å²) in [6.07, 6.45) is 5.56. The summed E-state index contributed by atoms with van der Waals surface area (Å²) < 4.78 is 1.93. The minimum Gasteiger partial charge on any atom is -0.393 e. The SMILES string of the molecule is CC(C)c1cc2c(N3CCC(C(C)O)CC3)nccn2n1. The topological polar surface area (TPSA) is 53.7 Å². The molecule has 2 aromatic heterocycles. The molecule has 1 N–H and O–H groups in total. The molecule has 0 aromatic carbocycles. The molecule has 3 rings (SSSR count). The summed E-state index contributed by atoms with van der Waals surface area (Å²) in [7, 11) is 0. The van der Waals surface area contributed by atoms with Crippen LogP contribution in [-0.2, 0) is 0 Å². The van der Waals surface area contributed by atoms with Gasteiger partial charge in [0.05, 0.1) is 11.8 Å². The van der Waals surface area contributed by atoms with Crippen LogP contribution in [0.25, 0.3) is 5.52 Å². The molecular formula is C16H24N4O. The van der Waals surface area contributed by atoms with Crippen molar-refractivity contribution in [3.63, 3.8) is 0 Å². The maximum Gasteiger partial charge on any atom is 0.154 e. The molecule has 1 fully saturated rings. The molecule has 0 aliphatic carbocycles. The average Bonchev–Trinajstić information content (AvgIpc) is 2.91. The quantitative estimate of drug-likeness (QED) is 0.942. The molecule has 0 bridgehead atoms. The van der Waals surface area contributed by atoms with Crippen LogP contribution in [0, 0.1) is 5.92 Å². The van der Waals surface area contributed by atoms with Gasteiger partial charge in [-0.2, -0.15) is 5.10 Å². The maximum atomic E-state index is 9.72. The van der Waals surface area contributed by atoms with Crippen LogP contribution in [0.1, 0.15) is 45.2 Å². The van der Waals surface area contributed by atoms with Gasteiger partial charge in [0, 0.05) is 25.5 Å². The van der Waals surface area contributed by atoms with E-state index in [1.165, 1.54) is 0 Å². The molecule has 0 saturated carbocycles. The number of aromatic nitrogens is 3. The highest BCUT2D eigenvalue weighted by Gasteiger charge is 2.24. The first-order valence-corrected chi connectivity index (χ1v) is 7.83. The highest BCUT2D eigenvalue weighted by atomic mass is 16.3. The molecule has 5 nitrogen and oxygen atoms in total. The van der Waals surface area contributed by atoms with Gasteiger partial charge < -0.3 is 10.0 Å². The van der Waals surface area contributed by atoms with Crippen LogP contribution >= 0.6 is 0 Å². The van der Waals surface area contributed by atoms with Crippen molar-refractivity contribution in [1.82, 2.24) is 14.6 Å². The van der Waals surface area contributed by atoms with E-state index in [4.69, 9.17) is 0 Å². The van der Waals surface area contributed by atoms with Crippen molar-refractivity contribution < 1.29 is 5.11 Å². The van der Waals surface area contributed by atoms with E-state index in [9.17, 15) is 5.11 Å². The van der Waals surface area contributed by atoms with Crippen molar-refractivity contribution in [1.29, 1.82) is 0 Å². The van der Waals surface area contributed by atoms with Gasteiger partial charge in [-0.3, -0.25) is 0 Å². The summed E-state index contributed by atoms with van der Waals surface area (Å²) >= 11 is 0. The lowest BCUT2D eigenvalue weighted by atomic mass is 9.92. The van der Waals surface area contributed by atoms with Gasteiger partial charge in [0.25, 0.3) is 0 Å². The van der Waals surface area contributed by atoms with E-state index in [0.29, 0.717) is 11.8 Å². The minimum atomic E-state index is -0.210. The third kappa shape index (κ3) is 2.75. The van der Waals surface area contributed by atoms with Crippen LogP contribution in [0.5, 0.6) is 0 Å². The molecule has 5 heteroatoms. The third-order valence-electron chi connectivity index (χ3n) is 4.50. The smallest absolute Gasteiger partial charge is 0.154 e. The number of nitrogens with zero attached hydrogens (tertiary/aromatic N) is 4. The summed E-state index contributed by atoms with van der Waals surface area (Å²) in [6, 6.07) is 2.15. The molecular weight excluding hydrogens is 264 g/mol. The number of fused-ring (bicyclic) bond motifs is 1. The normalized spacial score (nSPS) is 18.6. The monoisotopic (exact) mass is 288 g/mol. The van der Waals surface area contributed by atoms with Gasteiger partial charge in [-0.05, 0) is 37.7 Å². The molecule has 1 atom stereocenters. The van der Waals surface area contributed by atoms with Crippen LogP contribution in [0.15, 0.2) is 18.5 Å². The van der Waals surface area contributed by atoms with E-state index in [1.54, 1.807) is 0 Å². The van der Waals surface area contributed by atoms with E-state index in [0.717, 1.165) is 43.0 Å². The van der Waals surface area contributed by atoms with E-state index >= 15 is 0 Å². The Hall–Kier alpha value is -1.62. The Bertz CT molecular complexity index is 612. The van der Waals surface area contributed by atoms with Crippen LogP contribution in [0.2, 0.25) is 0 Å². The summed E-state index contributed by atoms with van der Waals surface area (Å²) in [5.74, 6) is 1.84. The van der Waals surface area contributed by atoms with Crippen molar-refractivity contribution in [3.05, 3.63) is 24.2 Å². The highest BCUT2D eigenvalue weighted by Crippen LogP contribution is 2.28. The van der Waals surface area contributed by atoms with Crippen LogP contribution in [-0.4, -0.2) is 38.9 Å². The first kappa shape index (κ1) is 14.3. The van der Waals surface area contributed by atoms with Gasteiger partial charge in [0.15, 0.2) is 5.82 Å². The second kappa shape index (κ2) is 5.64. The van der Waals surface area contributed by atoms with Gasteiger partial charge in [0.2, 0.25) is 0 Å². The summed E-state index contributed by atoms with van der Waals surface area (Å²) in [5.41, 5.74) is 2.18. The van der Waals surface area contributed by atoms with Crippen LogP contribution in [0.4, 0.5) is 5.82 Å². The average molecular weight is 288 g/mol. The first-order chi connectivity index (χ1) is 10.1. The van der Waals surface area contributed by atoms with Crippen molar-refractivity contribution in [2.75, 3.05) is 18.0 Å². The molecule has 3 heterocycles. The molecule has 114 valence electrons. The Morgan fingerprint density at radius 1 is 1.24 bits per heavy atom. The number of aliphatic hydroxyl groups excluding tert-OH is 1. The Labute approximate surface area is 125 Å². The van der Waals surface area contributed by atoms with Crippen molar-refractivity contribution in [2.24, 2.45) is 5.92 Å². The van der Waals surface area contributed by atoms with Gasteiger partial charge in [-0.15, -0.1) is 0 Å². The Morgan fingerprint density at radius 2 is 1.95 bits per heavy atom. The zero-order valence-corrected chi connectivity index (χ0v) is 13.0. The number of piperidine rings is 1. The molecule has 21 heavy (non-hydrogen) atoms. The summed E-state index contributed by atoms with van der Waals surface area (Å²) in [5, 5.41) is 14.3. The molecule has 2 aromatic rings. The Kier molecular flexibility index (Phi) is 3.85. The van der Waals surface area contributed by atoms with E-state index in [1.807, 2.05) is 23.8 Å². The lowest BCUT2D eigenvalue weighted by Gasteiger charge is -2.34. The van der Waals surface area contributed by atoms with Crippen molar-refractivity contribution in [3.8, 4) is 0 Å². The largest absolute Gasteiger partial charge is 0.393 e. The van der Waals surface area contributed by atoms with Crippen molar-refractivity contribution >= 4 is 11.3 Å². The molecule has 0 radical (unpaired) electrons. The van der Waals surface area contributed by atoms with E-state index in [-0.39, 0.29) is 6.10 Å². The first-order valence-electron chi connectivity index (χ1n) is 7.83. The summed E-state index contributed by atoms with van der Waals surface area (Å²) in [4.78, 5) is 6.90. The number of hydrogen-bond donors (Lipinski definition) is 1. The molecule has 1 aliphatic heterocycles. The number of aliphatic hydroxyl groups is 1. The fraction of sp³-hybridized carbons (Fsp3) is 0.625. The molecule has 0 spiro atoms. The van der Waals surface area contributed by atoms with Crippen LogP contribution in [0.3, 0.4) is 0 Å². The van der Waals surface area contributed by atoms with Gasteiger partial charge in [-0.1, -0.05) is 13.8 Å². The minimum absolute atomic E-state index is 0.210. The zero-order chi connectivity index (χ0) is 15.0. The zero-order valence-electron chi connectivity index (χ0n) is 13.0.